The molecule has 0 bridgehead atoms. The molecule has 0 aliphatic heterocycles. The highest BCUT2D eigenvalue weighted by Crippen LogP contribution is 2.36. The second-order valence-corrected chi connectivity index (χ2v) is 7.61. The minimum Gasteiger partial charge on any atom is -0.467 e. The number of nitrogens with zero attached hydrogens (tertiary/aromatic N) is 3. The van der Waals surface area contributed by atoms with Gasteiger partial charge in [0, 0.05) is 17.5 Å². The molecule has 7 nitrogen and oxygen atoms in total. The number of carbonyl (C=O) groups is 2. The summed E-state index contributed by atoms with van der Waals surface area (Å²) in [5, 5.41) is 8.67. The summed E-state index contributed by atoms with van der Waals surface area (Å²) >= 11 is 1.13. The van der Waals surface area contributed by atoms with Crippen LogP contribution in [0.4, 0.5) is 0 Å². The van der Waals surface area contributed by atoms with Gasteiger partial charge in [-0.25, -0.2) is 0 Å². The van der Waals surface area contributed by atoms with Crippen LogP contribution in [-0.4, -0.2) is 38.4 Å². The maximum atomic E-state index is 13.2. The third-order valence-corrected chi connectivity index (χ3v) is 5.55. The molecule has 4 rings (SSSR count). The van der Waals surface area contributed by atoms with Crippen LogP contribution in [0.15, 0.2) is 28.2 Å². The molecule has 2 saturated carbocycles. The Labute approximate surface area is 155 Å². The van der Waals surface area contributed by atoms with Crippen LogP contribution in [0.1, 0.15) is 67.2 Å². The Hall–Kier alpha value is -2.22. The van der Waals surface area contributed by atoms with E-state index in [-0.39, 0.29) is 29.6 Å². The molecule has 2 aromatic rings. The average molecular weight is 374 g/mol. The van der Waals surface area contributed by atoms with Crippen molar-refractivity contribution in [2.45, 2.75) is 63.1 Å². The molecule has 8 heteroatoms. The summed E-state index contributed by atoms with van der Waals surface area (Å²) in [6.45, 7) is 0. The number of furan rings is 1. The fourth-order valence-electron chi connectivity index (χ4n) is 3.60. The lowest BCUT2D eigenvalue weighted by Crippen LogP contribution is -2.48. The monoisotopic (exact) mass is 374 g/mol. The Morgan fingerprint density at radius 1 is 1.23 bits per heavy atom. The van der Waals surface area contributed by atoms with Crippen LogP contribution >= 0.6 is 11.5 Å². The number of rotatable bonds is 6. The maximum Gasteiger partial charge on any atom is 0.276 e. The second kappa shape index (κ2) is 7.57. The molecule has 0 saturated heterocycles. The quantitative estimate of drug-likeness (QED) is 0.840. The highest BCUT2D eigenvalue weighted by atomic mass is 32.1. The van der Waals surface area contributed by atoms with Crippen molar-refractivity contribution in [3.63, 3.8) is 0 Å². The first kappa shape index (κ1) is 17.2. The fourth-order valence-corrected chi connectivity index (χ4v) is 4.03. The van der Waals surface area contributed by atoms with Gasteiger partial charge in [0.25, 0.3) is 11.8 Å². The van der Waals surface area contributed by atoms with Crippen LogP contribution in [0, 0.1) is 0 Å². The first-order valence-electron chi connectivity index (χ1n) is 9.17. The second-order valence-electron chi connectivity index (χ2n) is 7.00. The van der Waals surface area contributed by atoms with Gasteiger partial charge in [0.05, 0.1) is 6.26 Å². The highest BCUT2D eigenvalue weighted by Gasteiger charge is 2.44. The molecule has 0 radical (unpaired) electrons. The molecule has 2 aliphatic carbocycles. The molecule has 2 heterocycles. The normalized spacial score (nSPS) is 19.1. The third-order valence-electron chi connectivity index (χ3n) is 5.04. The van der Waals surface area contributed by atoms with Gasteiger partial charge in [-0.05, 0) is 49.3 Å². The number of nitrogens with one attached hydrogen (secondary N) is 1. The number of amides is 2. The van der Waals surface area contributed by atoms with Crippen molar-refractivity contribution in [1.82, 2.24) is 19.8 Å². The third kappa shape index (κ3) is 3.65. The molecular weight excluding hydrogens is 352 g/mol. The van der Waals surface area contributed by atoms with Crippen molar-refractivity contribution < 1.29 is 14.0 Å². The van der Waals surface area contributed by atoms with Gasteiger partial charge in [0.2, 0.25) is 0 Å². The summed E-state index contributed by atoms with van der Waals surface area (Å²) < 4.78 is 9.33. The summed E-state index contributed by atoms with van der Waals surface area (Å²) in [4.78, 5) is 27.8. The lowest BCUT2D eigenvalue weighted by molar-refractivity contribution is -0.127. The molecule has 26 heavy (non-hydrogen) atoms. The van der Waals surface area contributed by atoms with Crippen LogP contribution < -0.4 is 5.32 Å². The van der Waals surface area contributed by atoms with Crippen molar-refractivity contribution in [2.75, 3.05) is 0 Å². The number of hydrogen-bond acceptors (Lipinski definition) is 6. The van der Waals surface area contributed by atoms with Crippen LogP contribution in [-0.2, 0) is 4.79 Å². The van der Waals surface area contributed by atoms with Crippen LogP contribution in [0.5, 0.6) is 0 Å². The van der Waals surface area contributed by atoms with E-state index in [0.717, 1.165) is 50.1 Å². The van der Waals surface area contributed by atoms with Crippen molar-refractivity contribution in [1.29, 1.82) is 0 Å². The predicted octanol–water partition coefficient (Wildman–Crippen LogP) is 2.93. The molecule has 0 unspecified atom stereocenters. The fraction of sp³-hybridized carbons (Fsp3) is 0.556. The Morgan fingerprint density at radius 2 is 2.04 bits per heavy atom. The zero-order chi connectivity index (χ0) is 17.9. The molecule has 138 valence electrons. The van der Waals surface area contributed by atoms with Gasteiger partial charge in [-0.15, -0.1) is 5.10 Å². The number of hydrogen-bond donors (Lipinski definition) is 1. The molecule has 1 N–H and O–H groups in total. The predicted molar refractivity (Wildman–Crippen MR) is 95.6 cm³/mol. The Balaban J connectivity index is 1.61. The molecule has 2 aliphatic rings. The Kier molecular flexibility index (Phi) is 5.01. The minimum absolute atomic E-state index is 0.0383. The van der Waals surface area contributed by atoms with E-state index in [1.807, 2.05) is 0 Å². The zero-order valence-electron chi connectivity index (χ0n) is 14.5. The van der Waals surface area contributed by atoms with E-state index in [4.69, 9.17) is 4.42 Å². The number of carbonyl (C=O) groups excluding carboxylic acids is 2. The van der Waals surface area contributed by atoms with Gasteiger partial charge in [-0.3, -0.25) is 9.59 Å². The summed E-state index contributed by atoms with van der Waals surface area (Å²) in [7, 11) is 0. The zero-order valence-corrected chi connectivity index (χ0v) is 15.3. The van der Waals surface area contributed by atoms with E-state index in [9.17, 15) is 9.59 Å². The van der Waals surface area contributed by atoms with Gasteiger partial charge < -0.3 is 14.6 Å². The minimum atomic E-state index is -0.770. The summed E-state index contributed by atoms with van der Waals surface area (Å²) in [6.07, 6.45) is 8.77. The van der Waals surface area contributed by atoms with Crippen molar-refractivity contribution in [3.8, 4) is 0 Å². The standard InChI is InChI=1S/C18H22N4O3S/c23-17(19-12-5-2-1-3-6-12)16(15-7-4-10-25-15)22(13-8-9-13)18(24)14-11-26-21-20-14/h4,7,10-13,16H,1-3,5-6,8-9H2,(H,19,23)/t16-/m1/s1. The molecule has 2 aromatic heterocycles. The van der Waals surface area contributed by atoms with Crippen molar-refractivity contribution in [3.05, 3.63) is 35.2 Å². The molecule has 0 aromatic carbocycles. The van der Waals surface area contributed by atoms with Crippen molar-refractivity contribution >= 4 is 23.3 Å². The van der Waals surface area contributed by atoms with E-state index in [0.29, 0.717) is 5.76 Å². The SMILES string of the molecule is O=C(NC1CCCCC1)[C@@H](c1ccco1)N(C(=O)c1csnn1)C1CC1. The van der Waals surface area contributed by atoms with E-state index in [1.54, 1.807) is 22.4 Å². The summed E-state index contributed by atoms with van der Waals surface area (Å²) in [6, 6.07) is 2.94. The first-order valence-corrected chi connectivity index (χ1v) is 10.0. The summed E-state index contributed by atoms with van der Waals surface area (Å²) in [5.41, 5.74) is 0.281. The average Bonchev–Trinajstić information content (AvgIpc) is 3.13. The van der Waals surface area contributed by atoms with E-state index in [2.05, 4.69) is 14.9 Å². The Bertz CT molecular complexity index is 737. The van der Waals surface area contributed by atoms with Crippen molar-refractivity contribution in [2.24, 2.45) is 0 Å². The van der Waals surface area contributed by atoms with Gasteiger partial charge in [-0.2, -0.15) is 0 Å². The van der Waals surface area contributed by atoms with E-state index >= 15 is 0 Å². The molecule has 2 fully saturated rings. The summed E-state index contributed by atoms with van der Waals surface area (Å²) in [5.74, 6) is 0.0541. The molecular formula is C18H22N4O3S. The van der Waals surface area contributed by atoms with Gasteiger partial charge >= 0.3 is 0 Å². The lowest BCUT2D eigenvalue weighted by Gasteiger charge is -2.31. The highest BCUT2D eigenvalue weighted by molar-refractivity contribution is 7.03. The largest absolute Gasteiger partial charge is 0.467 e. The first-order chi connectivity index (χ1) is 12.7. The molecule has 1 atom stereocenters. The molecule has 2 amide bonds. The topological polar surface area (TPSA) is 88.3 Å². The lowest BCUT2D eigenvalue weighted by atomic mass is 9.95. The smallest absolute Gasteiger partial charge is 0.276 e. The maximum absolute atomic E-state index is 13.2. The van der Waals surface area contributed by atoms with Crippen LogP contribution in [0.3, 0.4) is 0 Å². The number of aromatic nitrogens is 2. The van der Waals surface area contributed by atoms with Gasteiger partial charge in [0.1, 0.15) is 5.76 Å². The Morgan fingerprint density at radius 3 is 2.65 bits per heavy atom. The van der Waals surface area contributed by atoms with Crippen LogP contribution in [0.25, 0.3) is 0 Å². The molecule has 0 spiro atoms. The van der Waals surface area contributed by atoms with E-state index < -0.39 is 6.04 Å². The van der Waals surface area contributed by atoms with Gasteiger partial charge in [-0.1, -0.05) is 23.8 Å². The van der Waals surface area contributed by atoms with Crippen LogP contribution in [0.2, 0.25) is 0 Å². The van der Waals surface area contributed by atoms with Gasteiger partial charge in [0.15, 0.2) is 11.7 Å². The van der Waals surface area contributed by atoms with E-state index in [1.165, 1.54) is 12.7 Å².